The van der Waals surface area contributed by atoms with Gasteiger partial charge in [-0.2, -0.15) is 0 Å². The second kappa shape index (κ2) is 6.47. The van der Waals surface area contributed by atoms with Crippen molar-refractivity contribution in [2.45, 2.75) is 0 Å². The summed E-state index contributed by atoms with van der Waals surface area (Å²) in [5, 5.41) is 19.4. The molecule has 0 spiro atoms. The number of benzene rings is 3. The summed E-state index contributed by atoms with van der Waals surface area (Å²) >= 11 is 0. The molecule has 0 atom stereocenters. The van der Waals surface area contributed by atoms with Gasteiger partial charge < -0.3 is 19.4 Å². The lowest BCUT2D eigenvalue weighted by Gasteiger charge is -2.25. The third-order valence-electron chi connectivity index (χ3n) is 4.06. The zero-order valence-corrected chi connectivity index (χ0v) is 13.4. The SMILES string of the molecule is OB(O)c1cc2ccc(N(c3ccccc3)c3ccccc3)cc2o1. The van der Waals surface area contributed by atoms with Gasteiger partial charge in [-0.15, -0.1) is 0 Å². The van der Waals surface area contributed by atoms with E-state index in [0.717, 1.165) is 22.4 Å². The Morgan fingerprint density at radius 2 is 1.28 bits per heavy atom. The van der Waals surface area contributed by atoms with Crippen LogP contribution in [0.2, 0.25) is 0 Å². The van der Waals surface area contributed by atoms with E-state index in [4.69, 9.17) is 4.42 Å². The fourth-order valence-corrected chi connectivity index (χ4v) is 2.91. The molecular weight excluding hydrogens is 313 g/mol. The minimum Gasteiger partial charge on any atom is -0.465 e. The normalized spacial score (nSPS) is 10.8. The zero-order valence-electron chi connectivity index (χ0n) is 13.4. The monoisotopic (exact) mass is 329 g/mol. The molecule has 4 rings (SSSR count). The Labute approximate surface area is 145 Å². The Balaban J connectivity index is 1.86. The fraction of sp³-hybridized carbons (Fsp3) is 0. The average molecular weight is 329 g/mol. The van der Waals surface area contributed by atoms with E-state index < -0.39 is 7.12 Å². The van der Waals surface area contributed by atoms with E-state index in [2.05, 4.69) is 4.90 Å². The molecule has 0 radical (unpaired) electrons. The first-order valence-corrected chi connectivity index (χ1v) is 8.02. The van der Waals surface area contributed by atoms with Crippen LogP contribution in [-0.2, 0) is 0 Å². The van der Waals surface area contributed by atoms with Crippen LogP contribution in [0, 0.1) is 0 Å². The highest BCUT2D eigenvalue weighted by molar-refractivity contribution is 6.57. The van der Waals surface area contributed by atoms with Crippen molar-refractivity contribution in [3.63, 3.8) is 0 Å². The third-order valence-corrected chi connectivity index (χ3v) is 4.06. The van der Waals surface area contributed by atoms with Gasteiger partial charge in [-0.1, -0.05) is 36.4 Å². The first-order chi connectivity index (χ1) is 12.2. The van der Waals surface area contributed by atoms with Gasteiger partial charge in [0.15, 0.2) is 0 Å². The molecule has 5 heteroatoms. The summed E-state index contributed by atoms with van der Waals surface area (Å²) in [5.41, 5.74) is 3.73. The molecule has 122 valence electrons. The number of hydrogen-bond donors (Lipinski definition) is 2. The summed E-state index contributed by atoms with van der Waals surface area (Å²) in [5.74, 6) is 0. The third kappa shape index (κ3) is 3.03. The van der Waals surface area contributed by atoms with Gasteiger partial charge in [0.25, 0.3) is 0 Å². The summed E-state index contributed by atoms with van der Waals surface area (Å²) in [6.07, 6.45) is 0. The maximum Gasteiger partial charge on any atom is 0.526 e. The van der Waals surface area contributed by atoms with Crippen molar-refractivity contribution >= 4 is 40.8 Å². The van der Waals surface area contributed by atoms with Crippen LogP contribution in [0.15, 0.2) is 89.3 Å². The number of rotatable bonds is 4. The lowest BCUT2D eigenvalue weighted by Crippen LogP contribution is -2.27. The van der Waals surface area contributed by atoms with Gasteiger partial charge in [-0.25, -0.2) is 0 Å². The van der Waals surface area contributed by atoms with Gasteiger partial charge in [0.1, 0.15) is 11.2 Å². The average Bonchev–Trinajstić information content (AvgIpc) is 3.08. The molecular formula is C20H16BNO3. The highest BCUT2D eigenvalue weighted by Crippen LogP contribution is 2.35. The molecule has 25 heavy (non-hydrogen) atoms. The molecule has 4 nitrogen and oxygen atoms in total. The van der Waals surface area contributed by atoms with Gasteiger partial charge in [0.2, 0.25) is 0 Å². The molecule has 0 aliphatic heterocycles. The largest absolute Gasteiger partial charge is 0.526 e. The van der Waals surface area contributed by atoms with E-state index in [1.807, 2.05) is 78.9 Å². The lowest BCUT2D eigenvalue weighted by molar-refractivity contribution is 0.412. The predicted molar refractivity (Wildman–Crippen MR) is 101 cm³/mol. The molecule has 4 aromatic rings. The van der Waals surface area contributed by atoms with Crippen LogP contribution in [0.4, 0.5) is 17.1 Å². The first-order valence-electron chi connectivity index (χ1n) is 8.02. The Morgan fingerprint density at radius 3 is 1.84 bits per heavy atom. The highest BCUT2D eigenvalue weighted by atomic mass is 16.4. The number of para-hydroxylation sites is 2. The minimum absolute atomic E-state index is 0.137. The number of hydrogen-bond acceptors (Lipinski definition) is 4. The smallest absolute Gasteiger partial charge is 0.465 e. The summed E-state index contributed by atoms with van der Waals surface area (Å²) in [6.45, 7) is 0. The van der Waals surface area contributed by atoms with Crippen LogP contribution in [0.3, 0.4) is 0 Å². The maximum atomic E-state index is 9.31. The Hall–Kier alpha value is -3.02. The number of anilines is 3. The van der Waals surface area contributed by atoms with Gasteiger partial charge in [0.05, 0.1) is 0 Å². The Morgan fingerprint density at radius 1 is 0.680 bits per heavy atom. The molecule has 0 fully saturated rings. The molecule has 0 saturated carbocycles. The molecule has 1 aromatic heterocycles. The second-order valence-electron chi connectivity index (χ2n) is 5.75. The number of fused-ring (bicyclic) bond motifs is 1. The van der Waals surface area contributed by atoms with Crippen LogP contribution in [-0.4, -0.2) is 17.2 Å². The van der Waals surface area contributed by atoms with Gasteiger partial charge in [-0.3, -0.25) is 0 Å². The molecule has 0 saturated heterocycles. The van der Waals surface area contributed by atoms with Crippen LogP contribution < -0.4 is 10.6 Å². The van der Waals surface area contributed by atoms with Crippen LogP contribution in [0.5, 0.6) is 0 Å². The summed E-state index contributed by atoms with van der Waals surface area (Å²) < 4.78 is 5.57. The second-order valence-corrected chi connectivity index (χ2v) is 5.75. The molecule has 0 unspecified atom stereocenters. The van der Waals surface area contributed by atoms with Gasteiger partial charge in [0, 0.05) is 28.5 Å². The van der Waals surface area contributed by atoms with E-state index >= 15 is 0 Å². The quantitative estimate of drug-likeness (QED) is 0.562. The Bertz CT molecular complexity index is 944. The lowest BCUT2D eigenvalue weighted by atomic mass is 9.88. The molecule has 2 N–H and O–H groups in total. The van der Waals surface area contributed by atoms with E-state index in [1.165, 1.54) is 0 Å². The van der Waals surface area contributed by atoms with E-state index in [-0.39, 0.29) is 5.66 Å². The summed E-state index contributed by atoms with van der Waals surface area (Å²) in [7, 11) is -1.62. The Kier molecular flexibility index (Phi) is 4.02. The highest BCUT2D eigenvalue weighted by Gasteiger charge is 2.18. The predicted octanol–water partition coefficient (Wildman–Crippen LogP) is 3.58. The number of nitrogens with zero attached hydrogens (tertiary/aromatic N) is 1. The van der Waals surface area contributed by atoms with E-state index in [1.54, 1.807) is 6.07 Å². The molecule has 0 amide bonds. The molecule has 3 aromatic carbocycles. The zero-order chi connectivity index (χ0) is 17.2. The van der Waals surface area contributed by atoms with Crippen molar-refractivity contribution in [3.05, 3.63) is 84.9 Å². The molecule has 0 bridgehead atoms. The van der Waals surface area contributed by atoms with Gasteiger partial charge >= 0.3 is 7.12 Å². The van der Waals surface area contributed by atoms with E-state index in [9.17, 15) is 10.0 Å². The fourth-order valence-electron chi connectivity index (χ4n) is 2.91. The van der Waals surface area contributed by atoms with Crippen molar-refractivity contribution < 1.29 is 14.5 Å². The van der Waals surface area contributed by atoms with Crippen LogP contribution in [0.1, 0.15) is 0 Å². The van der Waals surface area contributed by atoms with Crippen molar-refractivity contribution in [1.29, 1.82) is 0 Å². The first kappa shape index (κ1) is 15.5. The van der Waals surface area contributed by atoms with Crippen molar-refractivity contribution in [2.75, 3.05) is 4.90 Å². The molecule has 0 aliphatic rings. The van der Waals surface area contributed by atoms with Crippen LogP contribution in [0.25, 0.3) is 11.0 Å². The topological polar surface area (TPSA) is 56.8 Å². The van der Waals surface area contributed by atoms with Crippen LogP contribution >= 0.6 is 0 Å². The number of furan rings is 1. The molecule has 1 heterocycles. The van der Waals surface area contributed by atoms with E-state index in [0.29, 0.717) is 5.58 Å². The maximum absolute atomic E-state index is 9.31. The summed E-state index contributed by atoms with van der Waals surface area (Å²) in [6, 6.07) is 27.6. The van der Waals surface area contributed by atoms with Crippen molar-refractivity contribution in [2.24, 2.45) is 0 Å². The van der Waals surface area contributed by atoms with Crippen molar-refractivity contribution in [3.8, 4) is 0 Å². The summed E-state index contributed by atoms with van der Waals surface area (Å²) in [4.78, 5) is 2.12. The van der Waals surface area contributed by atoms with Crippen molar-refractivity contribution in [1.82, 2.24) is 0 Å². The standard InChI is InChI=1S/C20H16BNO3/c23-21(24)20-13-15-11-12-18(14-19(15)25-20)22(16-7-3-1-4-8-16)17-9-5-2-6-10-17/h1-14,23-24H. The molecule has 0 aliphatic carbocycles. The van der Waals surface area contributed by atoms with Gasteiger partial charge in [-0.05, 0) is 42.5 Å². The minimum atomic E-state index is -1.62.